The second kappa shape index (κ2) is 12.0. The van der Waals surface area contributed by atoms with Gasteiger partial charge in [-0.15, -0.1) is 0 Å². The van der Waals surface area contributed by atoms with Gasteiger partial charge in [-0.2, -0.15) is 0 Å². The molecule has 1 heterocycles. The Morgan fingerprint density at radius 1 is 1.29 bits per heavy atom. The predicted molar refractivity (Wildman–Crippen MR) is 84.8 cm³/mol. The zero-order valence-electron chi connectivity index (χ0n) is 13.0. The van der Waals surface area contributed by atoms with Crippen LogP contribution in [0.3, 0.4) is 0 Å². The molecule has 0 saturated heterocycles. The molecular weight excluding hydrogens is 268 g/mol. The lowest BCUT2D eigenvalue weighted by atomic mass is 10.4. The smallest absolute Gasteiger partial charge is 0.191 e. The van der Waals surface area contributed by atoms with Crippen LogP contribution in [-0.4, -0.2) is 50.4 Å². The van der Waals surface area contributed by atoms with Crippen molar-refractivity contribution in [2.45, 2.75) is 20.3 Å². The van der Waals surface area contributed by atoms with E-state index in [-0.39, 0.29) is 0 Å². The van der Waals surface area contributed by atoms with Crippen LogP contribution in [0.2, 0.25) is 0 Å². The fourth-order valence-corrected chi connectivity index (χ4v) is 1.61. The first-order valence-electron chi connectivity index (χ1n) is 7.49. The number of rotatable bonds is 10. The highest BCUT2D eigenvalue weighted by Gasteiger charge is 1.97. The molecule has 0 aliphatic heterocycles. The van der Waals surface area contributed by atoms with Crippen molar-refractivity contribution < 1.29 is 9.47 Å². The van der Waals surface area contributed by atoms with Gasteiger partial charge in [0.05, 0.1) is 12.7 Å². The average molecular weight is 294 g/mol. The van der Waals surface area contributed by atoms with Crippen molar-refractivity contribution >= 4 is 5.96 Å². The normalized spacial score (nSPS) is 11.2. The van der Waals surface area contributed by atoms with E-state index in [0.29, 0.717) is 13.2 Å². The Hall–Kier alpha value is -1.82. The number of hydrogen-bond acceptors (Lipinski definition) is 4. The molecule has 6 heteroatoms. The molecule has 1 aromatic rings. The van der Waals surface area contributed by atoms with Crippen LogP contribution in [0.25, 0.3) is 0 Å². The lowest BCUT2D eigenvalue weighted by Crippen LogP contribution is -2.39. The molecule has 0 bridgehead atoms. The van der Waals surface area contributed by atoms with Gasteiger partial charge in [-0.25, -0.2) is 0 Å². The van der Waals surface area contributed by atoms with Gasteiger partial charge in [-0.05, 0) is 32.4 Å². The minimum Gasteiger partial charge on any atom is -0.490 e. The Morgan fingerprint density at radius 3 is 2.90 bits per heavy atom. The van der Waals surface area contributed by atoms with Crippen LogP contribution in [0, 0.1) is 0 Å². The summed E-state index contributed by atoms with van der Waals surface area (Å²) >= 11 is 0. The first kappa shape index (κ1) is 17.2. The molecule has 0 amide bonds. The van der Waals surface area contributed by atoms with Gasteiger partial charge in [-0.1, -0.05) is 0 Å². The largest absolute Gasteiger partial charge is 0.490 e. The summed E-state index contributed by atoms with van der Waals surface area (Å²) in [7, 11) is 0. The fourth-order valence-electron chi connectivity index (χ4n) is 1.61. The molecule has 0 saturated carbocycles. The summed E-state index contributed by atoms with van der Waals surface area (Å²) in [6, 6.07) is 3.74. The summed E-state index contributed by atoms with van der Waals surface area (Å²) in [4.78, 5) is 8.48. The molecule has 0 aliphatic rings. The number of nitrogens with one attached hydrogen (secondary N) is 2. The van der Waals surface area contributed by atoms with E-state index in [0.717, 1.165) is 44.4 Å². The van der Waals surface area contributed by atoms with Crippen LogP contribution in [0.15, 0.2) is 29.5 Å². The summed E-state index contributed by atoms with van der Waals surface area (Å²) in [6.45, 7) is 8.39. The Bertz CT molecular complexity index is 385. The lowest BCUT2D eigenvalue weighted by molar-refractivity contribution is 0.146. The molecule has 21 heavy (non-hydrogen) atoms. The number of aromatic nitrogens is 1. The quantitative estimate of drug-likeness (QED) is 0.388. The SMILES string of the molecule is CCNC(=NCCCOCC)NCCOc1cccnc1. The first-order chi connectivity index (χ1) is 10.4. The van der Waals surface area contributed by atoms with E-state index in [1.54, 1.807) is 12.4 Å². The minimum atomic E-state index is 0.565. The summed E-state index contributed by atoms with van der Waals surface area (Å²) < 4.78 is 10.9. The number of guanidine groups is 1. The van der Waals surface area contributed by atoms with E-state index in [9.17, 15) is 0 Å². The van der Waals surface area contributed by atoms with Gasteiger partial charge in [0.15, 0.2) is 5.96 Å². The Labute approximate surface area is 127 Å². The summed E-state index contributed by atoms with van der Waals surface area (Å²) in [5, 5.41) is 6.44. The molecular formula is C15H26N4O2. The Morgan fingerprint density at radius 2 is 2.19 bits per heavy atom. The van der Waals surface area contributed by atoms with Gasteiger partial charge >= 0.3 is 0 Å². The van der Waals surface area contributed by atoms with Crippen LogP contribution in [-0.2, 0) is 4.74 Å². The number of ether oxygens (including phenoxy) is 2. The summed E-state index contributed by atoms with van der Waals surface area (Å²) in [6.07, 6.45) is 4.35. The molecule has 2 N–H and O–H groups in total. The van der Waals surface area contributed by atoms with Crippen LogP contribution in [0.1, 0.15) is 20.3 Å². The number of pyridine rings is 1. The highest BCUT2D eigenvalue weighted by atomic mass is 16.5. The molecule has 6 nitrogen and oxygen atoms in total. The van der Waals surface area contributed by atoms with Gasteiger partial charge in [-0.3, -0.25) is 9.98 Å². The second-order valence-electron chi connectivity index (χ2n) is 4.28. The zero-order valence-corrected chi connectivity index (χ0v) is 13.0. The lowest BCUT2D eigenvalue weighted by Gasteiger charge is -2.12. The maximum atomic E-state index is 5.56. The van der Waals surface area contributed by atoms with E-state index < -0.39 is 0 Å². The maximum Gasteiger partial charge on any atom is 0.191 e. The van der Waals surface area contributed by atoms with Crippen molar-refractivity contribution in [3.8, 4) is 5.75 Å². The Balaban J connectivity index is 2.19. The number of aliphatic imine (C=N–C) groups is 1. The second-order valence-corrected chi connectivity index (χ2v) is 4.28. The van der Waals surface area contributed by atoms with Crippen molar-refractivity contribution in [1.29, 1.82) is 0 Å². The highest BCUT2D eigenvalue weighted by Crippen LogP contribution is 2.04. The molecule has 1 rings (SSSR count). The van der Waals surface area contributed by atoms with Crippen molar-refractivity contribution in [3.63, 3.8) is 0 Å². The number of hydrogen-bond donors (Lipinski definition) is 2. The zero-order chi connectivity index (χ0) is 15.2. The molecule has 0 radical (unpaired) electrons. The van der Waals surface area contributed by atoms with Crippen molar-refractivity contribution in [2.24, 2.45) is 4.99 Å². The Kier molecular flexibility index (Phi) is 9.82. The predicted octanol–water partition coefficient (Wildman–Crippen LogP) is 1.44. The third-order valence-electron chi connectivity index (χ3n) is 2.56. The van der Waals surface area contributed by atoms with E-state index in [2.05, 4.69) is 20.6 Å². The third-order valence-corrected chi connectivity index (χ3v) is 2.56. The van der Waals surface area contributed by atoms with E-state index in [4.69, 9.17) is 9.47 Å². The van der Waals surface area contributed by atoms with Gasteiger partial charge in [0.1, 0.15) is 12.4 Å². The van der Waals surface area contributed by atoms with E-state index >= 15 is 0 Å². The van der Waals surface area contributed by atoms with Gasteiger partial charge in [0.2, 0.25) is 0 Å². The van der Waals surface area contributed by atoms with Crippen LogP contribution >= 0.6 is 0 Å². The fraction of sp³-hybridized carbons (Fsp3) is 0.600. The maximum absolute atomic E-state index is 5.56. The van der Waals surface area contributed by atoms with Crippen LogP contribution in [0.5, 0.6) is 5.75 Å². The standard InChI is InChI=1S/C15H26N4O2/c1-3-17-15(18-9-6-11-20-4-2)19-10-12-21-14-7-5-8-16-13-14/h5,7-8,13H,3-4,6,9-12H2,1-2H3,(H2,17,18,19). The summed E-state index contributed by atoms with van der Waals surface area (Å²) in [5.74, 6) is 1.58. The topological polar surface area (TPSA) is 67.8 Å². The molecule has 0 aromatic carbocycles. The van der Waals surface area contributed by atoms with Gasteiger partial charge in [0, 0.05) is 32.5 Å². The molecule has 0 unspecified atom stereocenters. The van der Waals surface area contributed by atoms with E-state index in [1.807, 2.05) is 26.0 Å². The molecule has 118 valence electrons. The monoisotopic (exact) mass is 294 g/mol. The summed E-state index contributed by atoms with van der Waals surface area (Å²) in [5.41, 5.74) is 0. The number of nitrogens with zero attached hydrogens (tertiary/aromatic N) is 2. The molecule has 1 aromatic heterocycles. The van der Waals surface area contributed by atoms with E-state index in [1.165, 1.54) is 0 Å². The average Bonchev–Trinajstić information content (AvgIpc) is 2.52. The van der Waals surface area contributed by atoms with Crippen LogP contribution < -0.4 is 15.4 Å². The van der Waals surface area contributed by atoms with Crippen LogP contribution in [0.4, 0.5) is 0 Å². The molecule has 0 fully saturated rings. The first-order valence-corrected chi connectivity index (χ1v) is 7.49. The third kappa shape index (κ3) is 8.86. The van der Waals surface area contributed by atoms with Crippen molar-refractivity contribution in [1.82, 2.24) is 15.6 Å². The highest BCUT2D eigenvalue weighted by molar-refractivity contribution is 5.79. The minimum absolute atomic E-state index is 0.565. The molecule has 0 spiro atoms. The molecule has 0 atom stereocenters. The van der Waals surface area contributed by atoms with Crippen molar-refractivity contribution in [3.05, 3.63) is 24.5 Å². The molecule has 0 aliphatic carbocycles. The van der Waals surface area contributed by atoms with Crippen molar-refractivity contribution in [2.75, 3.05) is 39.5 Å². The van der Waals surface area contributed by atoms with Gasteiger partial charge < -0.3 is 20.1 Å². The van der Waals surface area contributed by atoms with Gasteiger partial charge in [0.25, 0.3) is 0 Å².